The molecular formula is C14H8N2O4. The van der Waals surface area contributed by atoms with E-state index in [9.17, 15) is 19.7 Å². The van der Waals surface area contributed by atoms with E-state index in [1.165, 1.54) is 36.7 Å². The first-order valence-corrected chi connectivity index (χ1v) is 5.86. The van der Waals surface area contributed by atoms with E-state index in [0.29, 0.717) is 11.1 Å². The highest BCUT2D eigenvalue weighted by Crippen LogP contribution is 2.34. The number of carbonyl (C=O) groups excluding carboxylic acids is 2. The smallest absolute Gasteiger partial charge is 0.269 e. The summed E-state index contributed by atoms with van der Waals surface area (Å²) < 4.78 is 0. The Kier molecular flexibility index (Phi) is 2.64. The lowest BCUT2D eigenvalue weighted by Gasteiger charge is -2.06. The fourth-order valence-corrected chi connectivity index (χ4v) is 2.36. The Morgan fingerprint density at radius 3 is 2.55 bits per heavy atom. The molecule has 98 valence electrons. The molecule has 0 bridgehead atoms. The Balaban J connectivity index is 2.09. The molecule has 1 aliphatic carbocycles. The van der Waals surface area contributed by atoms with Crippen LogP contribution in [0.3, 0.4) is 0 Å². The highest BCUT2D eigenvalue weighted by molar-refractivity contribution is 6.29. The molecule has 0 saturated carbocycles. The predicted molar refractivity (Wildman–Crippen MR) is 68.7 cm³/mol. The average Bonchev–Trinajstić information content (AvgIpc) is 2.72. The summed E-state index contributed by atoms with van der Waals surface area (Å²) in [6.45, 7) is 0. The number of aromatic nitrogens is 1. The van der Waals surface area contributed by atoms with Gasteiger partial charge in [-0.15, -0.1) is 0 Å². The van der Waals surface area contributed by atoms with Crippen molar-refractivity contribution in [2.75, 3.05) is 0 Å². The van der Waals surface area contributed by atoms with Crippen LogP contribution in [0.5, 0.6) is 0 Å². The van der Waals surface area contributed by atoms with Crippen LogP contribution in [-0.2, 0) is 0 Å². The summed E-state index contributed by atoms with van der Waals surface area (Å²) in [6.07, 6.45) is 2.80. The Bertz CT molecular complexity index is 719. The van der Waals surface area contributed by atoms with Crippen molar-refractivity contribution in [2.24, 2.45) is 0 Å². The van der Waals surface area contributed by atoms with Crippen LogP contribution in [-0.4, -0.2) is 21.5 Å². The fourth-order valence-electron chi connectivity index (χ4n) is 2.36. The molecular weight excluding hydrogens is 260 g/mol. The summed E-state index contributed by atoms with van der Waals surface area (Å²) in [6, 6.07) is 7.09. The van der Waals surface area contributed by atoms with E-state index in [-0.39, 0.29) is 22.8 Å². The van der Waals surface area contributed by atoms with Crippen molar-refractivity contribution >= 4 is 17.3 Å². The second kappa shape index (κ2) is 4.34. The highest BCUT2D eigenvalue weighted by Gasteiger charge is 2.40. The van der Waals surface area contributed by atoms with E-state index >= 15 is 0 Å². The topological polar surface area (TPSA) is 90.2 Å². The van der Waals surface area contributed by atoms with Crippen LogP contribution in [0, 0.1) is 10.1 Å². The zero-order valence-electron chi connectivity index (χ0n) is 10.1. The monoisotopic (exact) mass is 268 g/mol. The lowest BCUT2D eigenvalue weighted by molar-refractivity contribution is -0.384. The zero-order valence-corrected chi connectivity index (χ0v) is 10.1. The zero-order chi connectivity index (χ0) is 14.3. The quantitative estimate of drug-likeness (QED) is 0.473. The van der Waals surface area contributed by atoms with E-state index in [0.717, 1.165) is 0 Å². The summed E-state index contributed by atoms with van der Waals surface area (Å²) in [4.78, 5) is 38.6. The van der Waals surface area contributed by atoms with E-state index < -0.39 is 10.8 Å². The number of benzene rings is 1. The molecule has 0 N–H and O–H groups in total. The van der Waals surface area contributed by atoms with Gasteiger partial charge in [-0.3, -0.25) is 24.7 Å². The van der Waals surface area contributed by atoms with Crippen LogP contribution in [0.1, 0.15) is 32.2 Å². The van der Waals surface area contributed by atoms with Crippen LogP contribution < -0.4 is 0 Å². The largest absolute Gasteiger partial charge is 0.293 e. The molecule has 1 aliphatic rings. The number of fused-ring (bicyclic) bond motifs is 1. The van der Waals surface area contributed by atoms with Gasteiger partial charge in [0, 0.05) is 35.7 Å². The van der Waals surface area contributed by atoms with Gasteiger partial charge in [0.25, 0.3) is 5.69 Å². The van der Waals surface area contributed by atoms with Gasteiger partial charge in [0.15, 0.2) is 11.6 Å². The van der Waals surface area contributed by atoms with Gasteiger partial charge in [0.2, 0.25) is 0 Å². The van der Waals surface area contributed by atoms with Crippen LogP contribution in [0.2, 0.25) is 0 Å². The summed E-state index contributed by atoms with van der Waals surface area (Å²) in [5.74, 6) is -1.71. The third kappa shape index (κ3) is 1.70. The van der Waals surface area contributed by atoms with Crippen LogP contribution in [0.25, 0.3) is 0 Å². The van der Waals surface area contributed by atoms with Gasteiger partial charge in [-0.2, -0.15) is 0 Å². The number of ketones is 2. The molecule has 1 aromatic heterocycles. The van der Waals surface area contributed by atoms with E-state index in [4.69, 9.17) is 0 Å². The Morgan fingerprint density at radius 2 is 1.85 bits per heavy atom. The van der Waals surface area contributed by atoms with Crippen LogP contribution in [0.15, 0.2) is 42.7 Å². The SMILES string of the molecule is O=C1c2ccncc2C(=O)C1c1cccc([N+](=O)[O-])c1. The van der Waals surface area contributed by atoms with Crippen molar-refractivity contribution in [1.29, 1.82) is 0 Å². The molecule has 1 aromatic carbocycles. The number of pyridine rings is 1. The summed E-state index contributed by atoms with van der Waals surface area (Å²) in [7, 11) is 0. The van der Waals surface area contributed by atoms with Crippen molar-refractivity contribution in [3.63, 3.8) is 0 Å². The molecule has 0 radical (unpaired) electrons. The van der Waals surface area contributed by atoms with Gasteiger partial charge >= 0.3 is 0 Å². The summed E-state index contributed by atoms with van der Waals surface area (Å²) >= 11 is 0. The minimum Gasteiger partial charge on any atom is -0.293 e. The number of hydrogen-bond donors (Lipinski definition) is 0. The molecule has 0 fully saturated rings. The van der Waals surface area contributed by atoms with Crippen LogP contribution in [0.4, 0.5) is 5.69 Å². The van der Waals surface area contributed by atoms with Gasteiger partial charge in [-0.05, 0) is 11.6 Å². The van der Waals surface area contributed by atoms with Gasteiger partial charge in [-0.25, -0.2) is 0 Å². The van der Waals surface area contributed by atoms with E-state index in [1.807, 2.05) is 0 Å². The molecule has 6 nitrogen and oxygen atoms in total. The molecule has 0 saturated heterocycles. The second-order valence-corrected chi connectivity index (χ2v) is 4.43. The number of carbonyl (C=O) groups is 2. The maximum Gasteiger partial charge on any atom is 0.269 e. The minimum atomic E-state index is -1.01. The lowest BCUT2D eigenvalue weighted by atomic mass is 9.94. The minimum absolute atomic E-state index is 0.141. The first kappa shape index (κ1) is 12.2. The van der Waals surface area contributed by atoms with E-state index in [1.54, 1.807) is 6.07 Å². The molecule has 0 amide bonds. The first-order valence-electron chi connectivity index (χ1n) is 5.86. The molecule has 0 spiro atoms. The molecule has 1 atom stereocenters. The van der Waals surface area contributed by atoms with Crippen molar-refractivity contribution < 1.29 is 14.5 Å². The first-order chi connectivity index (χ1) is 9.59. The van der Waals surface area contributed by atoms with Crippen molar-refractivity contribution in [3.05, 3.63) is 69.5 Å². The predicted octanol–water partition coefficient (Wildman–Crippen LogP) is 2.15. The molecule has 0 aliphatic heterocycles. The molecule has 6 heteroatoms. The molecule has 20 heavy (non-hydrogen) atoms. The number of non-ortho nitro benzene ring substituents is 1. The van der Waals surface area contributed by atoms with Gasteiger partial charge in [0.1, 0.15) is 5.92 Å². The number of rotatable bonds is 2. The third-order valence-electron chi connectivity index (χ3n) is 3.29. The molecule has 3 rings (SSSR count). The van der Waals surface area contributed by atoms with Gasteiger partial charge in [-0.1, -0.05) is 12.1 Å². The number of Topliss-reactive ketones (excluding diaryl/α,β-unsaturated/α-hetero) is 2. The number of nitrogens with zero attached hydrogens (tertiary/aromatic N) is 2. The maximum absolute atomic E-state index is 12.3. The third-order valence-corrected chi connectivity index (χ3v) is 3.29. The number of nitro groups is 1. The van der Waals surface area contributed by atoms with Gasteiger partial charge < -0.3 is 0 Å². The fraction of sp³-hybridized carbons (Fsp3) is 0.0714. The number of nitro benzene ring substituents is 1. The van der Waals surface area contributed by atoms with Crippen molar-refractivity contribution in [1.82, 2.24) is 4.98 Å². The number of hydrogen-bond acceptors (Lipinski definition) is 5. The second-order valence-electron chi connectivity index (χ2n) is 4.43. The molecule has 2 aromatic rings. The Morgan fingerprint density at radius 1 is 1.10 bits per heavy atom. The van der Waals surface area contributed by atoms with Crippen LogP contribution >= 0.6 is 0 Å². The summed E-state index contributed by atoms with van der Waals surface area (Å²) in [5, 5.41) is 10.8. The molecule has 1 unspecified atom stereocenters. The normalized spacial score (nSPS) is 17.1. The average molecular weight is 268 g/mol. The van der Waals surface area contributed by atoms with Crippen molar-refractivity contribution in [2.45, 2.75) is 5.92 Å². The Labute approximate surface area is 113 Å². The van der Waals surface area contributed by atoms with Crippen molar-refractivity contribution in [3.8, 4) is 0 Å². The highest BCUT2D eigenvalue weighted by atomic mass is 16.6. The standard InChI is InChI=1S/C14H8N2O4/c17-13-10-4-5-15-7-11(10)14(18)12(13)8-2-1-3-9(6-8)16(19)20/h1-7,12H. The maximum atomic E-state index is 12.3. The Hall–Kier alpha value is -2.89. The van der Waals surface area contributed by atoms with E-state index in [2.05, 4.69) is 4.98 Å². The summed E-state index contributed by atoms with van der Waals surface area (Å²) in [5.41, 5.74) is 0.790. The van der Waals surface area contributed by atoms with Gasteiger partial charge in [0.05, 0.1) is 4.92 Å². The molecule has 1 heterocycles. The lowest BCUT2D eigenvalue weighted by Crippen LogP contribution is -2.12.